The largest absolute Gasteiger partial charge is 0.416 e. The molecule has 0 unspecified atom stereocenters. The molecule has 0 radical (unpaired) electrons. The van der Waals surface area contributed by atoms with Crippen LogP contribution in [0.15, 0.2) is 54.6 Å². The molecule has 0 heterocycles. The fourth-order valence-electron chi connectivity index (χ4n) is 2.58. The molecule has 0 aliphatic heterocycles. The van der Waals surface area contributed by atoms with Crippen LogP contribution in [-0.4, -0.2) is 40.5 Å². The van der Waals surface area contributed by atoms with Crippen LogP contribution in [0.5, 0.6) is 0 Å². The van der Waals surface area contributed by atoms with E-state index in [4.69, 9.17) is 9.47 Å². The van der Waals surface area contributed by atoms with Gasteiger partial charge in [0.1, 0.15) is 12.6 Å². The van der Waals surface area contributed by atoms with Gasteiger partial charge in [0, 0.05) is 0 Å². The van der Waals surface area contributed by atoms with Crippen molar-refractivity contribution >= 4 is 0 Å². The van der Waals surface area contributed by atoms with Gasteiger partial charge >= 0.3 is 6.18 Å². The Hall–Kier alpha value is -1.89. The third-order valence-electron chi connectivity index (χ3n) is 3.91. The predicted octanol–water partition coefficient (Wildman–Crippen LogP) is 2.97. The summed E-state index contributed by atoms with van der Waals surface area (Å²) in [7, 11) is 4.05. The molecule has 2 rings (SSSR count). The summed E-state index contributed by atoms with van der Waals surface area (Å²) in [6.07, 6.45) is -5.23. The van der Waals surface area contributed by atoms with E-state index in [1.807, 2.05) is 20.2 Å². The van der Waals surface area contributed by atoms with Crippen LogP contribution in [0.4, 0.5) is 13.2 Å². The second-order valence-electron chi connectivity index (χ2n) is 6.32. The molecule has 0 aliphatic rings. The molecular weight excluding hydrogens is 343 g/mol. The van der Waals surface area contributed by atoms with Crippen molar-refractivity contribution in [2.45, 2.75) is 12.3 Å². The molecule has 0 bridgehead atoms. The van der Waals surface area contributed by atoms with Crippen LogP contribution >= 0.6 is 0 Å². The number of rotatable bonds is 9. The summed E-state index contributed by atoms with van der Waals surface area (Å²) in [5.41, 5.74) is 0.122. The van der Waals surface area contributed by atoms with Gasteiger partial charge < -0.3 is 14.4 Å². The predicted molar refractivity (Wildman–Crippen MR) is 94.2 cm³/mol. The van der Waals surface area contributed by atoms with E-state index >= 15 is 0 Å². The normalized spacial score (nSPS) is 13.2. The van der Waals surface area contributed by atoms with Gasteiger partial charge in [0.15, 0.2) is 0 Å². The summed E-state index contributed by atoms with van der Waals surface area (Å²) in [6.45, 7) is 2.00. The van der Waals surface area contributed by atoms with Crippen molar-refractivity contribution in [1.29, 1.82) is 0 Å². The number of likely N-dealkylation sites (N-methyl/N-ethyl adjacent to an activating group) is 1. The standard InChI is InChI=1S/C20H24F3NO2/c1-24(2)12-13-25-14-15-26-19(16-8-4-3-5-9-16)17-10-6-7-11-18(17)20(21,22)23/h3-11,19H,12-15H2,1-2H3/p+1/t19-/m0/s1. The Labute approximate surface area is 152 Å². The first-order chi connectivity index (χ1) is 12.4. The molecular formula is C20H25F3NO2+. The average Bonchev–Trinajstić information content (AvgIpc) is 2.61. The maximum atomic E-state index is 13.4. The van der Waals surface area contributed by atoms with E-state index in [0.717, 1.165) is 12.6 Å². The Morgan fingerprint density at radius 2 is 1.54 bits per heavy atom. The number of nitrogens with one attached hydrogen (secondary N) is 1. The summed E-state index contributed by atoms with van der Waals surface area (Å²) < 4.78 is 51.5. The number of alkyl halides is 3. The molecule has 0 aliphatic carbocycles. The number of benzene rings is 2. The lowest BCUT2D eigenvalue weighted by molar-refractivity contribution is -0.858. The number of ether oxygens (including phenoxy) is 2. The molecule has 0 spiro atoms. The lowest BCUT2D eigenvalue weighted by atomic mass is 9.96. The van der Waals surface area contributed by atoms with Gasteiger partial charge in [-0.25, -0.2) is 0 Å². The Morgan fingerprint density at radius 3 is 2.19 bits per heavy atom. The zero-order chi connectivity index (χ0) is 19.0. The minimum atomic E-state index is -4.43. The van der Waals surface area contributed by atoms with E-state index in [9.17, 15) is 13.2 Å². The highest BCUT2D eigenvalue weighted by Gasteiger charge is 2.35. The Bertz CT molecular complexity index is 660. The SMILES string of the molecule is C[NH+](C)CCOCCO[C@@H](c1ccccc1)c1ccccc1C(F)(F)F. The molecule has 1 atom stereocenters. The highest BCUT2D eigenvalue weighted by Crippen LogP contribution is 2.37. The minimum Gasteiger partial charge on any atom is -0.373 e. The molecule has 0 amide bonds. The van der Waals surface area contributed by atoms with Gasteiger partial charge in [-0.1, -0.05) is 48.5 Å². The first kappa shape index (κ1) is 20.4. The van der Waals surface area contributed by atoms with E-state index in [1.165, 1.54) is 17.0 Å². The molecule has 0 aromatic heterocycles. The summed E-state index contributed by atoms with van der Waals surface area (Å²) >= 11 is 0. The molecule has 3 nitrogen and oxygen atoms in total. The van der Waals surface area contributed by atoms with Gasteiger partial charge in [-0.2, -0.15) is 13.2 Å². The number of quaternary nitrogens is 1. The molecule has 2 aromatic rings. The topological polar surface area (TPSA) is 22.9 Å². The third kappa shape index (κ3) is 6.12. The lowest BCUT2D eigenvalue weighted by Crippen LogP contribution is -3.06. The Balaban J connectivity index is 2.14. The fourth-order valence-corrected chi connectivity index (χ4v) is 2.58. The minimum absolute atomic E-state index is 0.115. The number of halogens is 3. The highest BCUT2D eigenvalue weighted by molar-refractivity contribution is 5.37. The van der Waals surface area contributed by atoms with Gasteiger partial charge in [-0.05, 0) is 17.2 Å². The third-order valence-corrected chi connectivity index (χ3v) is 3.91. The quantitative estimate of drug-likeness (QED) is 0.688. The van der Waals surface area contributed by atoms with Gasteiger partial charge in [-0.3, -0.25) is 0 Å². The van der Waals surface area contributed by atoms with E-state index in [2.05, 4.69) is 0 Å². The maximum Gasteiger partial charge on any atom is 0.416 e. The van der Waals surface area contributed by atoms with Crippen LogP contribution in [0, 0.1) is 0 Å². The van der Waals surface area contributed by atoms with Crippen LogP contribution in [0.25, 0.3) is 0 Å². The maximum absolute atomic E-state index is 13.4. The molecule has 0 saturated heterocycles. The van der Waals surface area contributed by atoms with Gasteiger partial charge in [0.05, 0.1) is 39.5 Å². The average molecular weight is 368 g/mol. The molecule has 1 N–H and O–H groups in total. The van der Waals surface area contributed by atoms with Crippen LogP contribution in [0.2, 0.25) is 0 Å². The molecule has 2 aromatic carbocycles. The summed E-state index contributed by atoms with van der Waals surface area (Å²) in [5, 5.41) is 0. The van der Waals surface area contributed by atoms with Gasteiger partial charge in [-0.15, -0.1) is 0 Å². The monoisotopic (exact) mass is 368 g/mol. The molecule has 142 valence electrons. The lowest BCUT2D eigenvalue weighted by Gasteiger charge is -2.23. The fraction of sp³-hybridized carbons (Fsp3) is 0.400. The Morgan fingerprint density at radius 1 is 0.885 bits per heavy atom. The van der Waals surface area contributed by atoms with Crippen molar-refractivity contribution in [1.82, 2.24) is 0 Å². The van der Waals surface area contributed by atoms with Crippen molar-refractivity contribution < 1.29 is 27.5 Å². The van der Waals surface area contributed by atoms with Crippen molar-refractivity contribution in [2.24, 2.45) is 0 Å². The van der Waals surface area contributed by atoms with E-state index in [0.29, 0.717) is 18.8 Å². The smallest absolute Gasteiger partial charge is 0.373 e. The van der Waals surface area contributed by atoms with Crippen molar-refractivity contribution in [3.63, 3.8) is 0 Å². The van der Waals surface area contributed by atoms with Crippen LogP contribution in [0.3, 0.4) is 0 Å². The molecule has 0 saturated carbocycles. The number of hydrogen-bond donors (Lipinski definition) is 1. The zero-order valence-corrected chi connectivity index (χ0v) is 15.1. The van der Waals surface area contributed by atoms with Gasteiger partial charge in [0.25, 0.3) is 0 Å². The van der Waals surface area contributed by atoms with Gasteiger partial charge in [0.2, 0.25) is 0 Å². The van der Waals surface area contributed by atoms with E-state index in [1.54, 1.807) is 30.3 Å². The van der Waals surface area contributed by atoms with Crippen molar-refractivity contribution in [3.8, 4) is 0 Å². The van der Waals surface area contributed by atoms with Crippen LogP contribution in [-0.2, 0) is 15.7 Å². The molecule has 6 heteroatoms. The second kappa shape index (κ2) is 9.71. The first-order valence-corrected chi connectivity index (χ1v) is 8.59. The van der Waals surface area contributed by atoms with Crippen molar-refractivity contribution in [2.75, 3.05) is 40.5 Å². The van der Waals surface area contributed by atoms with Crippen LogP contribution < -0.4 is 4.90 Å². The Kier molecular flexibility index (Phi) is 7.63. The highest BCUT2D eigenvalue weighted by atomic mass is 19.4. The van der Waals surface area contributed by atoms with Crippen molar-refractivity contribution in [3.05, 3.63) is 71.3 Å². The molecule has 26 heavy (non-hydrogen) atoms. The molecule has 0 fully saturated rings. The summed E-state index contributed by atoms with van der Waals surface area (Å²) in [4.78, 5) is 1.27. The second-order valence-corrected chi connectivity index (χ2v) is 6.32. The summed E-state index contributed by atoms with van der Waals surface area (Å²) in [6, 6.07) is 14.5. The first-order valence-electron chi connectivity index (χ1n) is 8.59. The summed E-state index contributed by atoms with van der Waals surface area (Å²) in [5.74, 6) is 0. The number of hydrogen-bond acceptors (Lipinski definition) is 2. The zero-order valence-electron chi connectivity index (χ0n) is 15.1. The van der Waals surface area contributed by atoms with E-state index in [-0.39, 0.29) is 12.2 Å². The van der Waals surface area contributed by atoms with E-state index < -0.39 is 17.8 Å². The van der Waals surface area contributed by atoms with Crippen LogP contribution in [0.1, 0.15) is 22.8 Å².